The molecule has 0 amide bonds. The predicted molar refractivity (Wildman–Crippen MR) is 133 cm³/mol. The second kappa shape index (κ2) is 8.56. The van der Waals surface area contributed by atoms with Crippen LogP contribution in [0.2, 0.25) is 0 Å². The zero-order valence-electron chi connectivity index (χ0n) is 17.8. The number of pyridine rings is 1. The number of hydrogen-bond donors (Lipinski definition) is 1. The van der Waals surface area contributed by atoms with Crippen LogP contribution in [0.4, 0.5) is 0 Å². The summed E-state index contributed by atoms with van der Waals surface area (Å²) in [4.78, 5) is 6.85. The summed E-state index contributed by atoms with van der Waals surface area (Å²) in [5, 5.41) is 4.23. The summed E-state index contributed by atoms with van der Waals surface area (Å²) in [5.41, 5.74) is 5.67. The van der Waals surface area contributed by atoms with E-state index in [-0.39, 0.29) is 12.1 Å². The van der Waals surface area contributed by atoms with E-state index in [9.17, 15) is 0 Å². The quantitative estimate of drug-likeness (QED) is 0.335. The molecule has 32 heavy (non-hydrogen) atoms. The zero-order chi connectivity index (χ0) is 22.2. The summed E-state index contributed by atoms with van der Waals surface area (Å²) in [7, 11) is 0. The van der Waals surface area contributed by atoms with E-state index < -0.39 is 0 Å². The van der Waals surface area contributed by atoms with Crippen molar-refractivity contribution < 1.29 is 4.42 Å². The first-order chi connectivity index (χ1) is 15.5. The van der Waals surface area contributed by atoms with Crippen molar-refractivity contribution in [3.05, 3.63) is 106 Å². The average Bonchev–Trinajstić information content (AvgIpc) is 3.48. The van der Waals surface area contributed by atoms with Crippen molar-refractivity contribution in [2.24, 2.45) is 0 Å². The summed E-state index contributed by atoms with van der Waals surface area (Å²) < 4.78 is 9.00. The average molecular weight is 507 g/mol. The Kier molecular flexibility index (Phi) is 5.61. The fraction of sp³-hybridized carbons (Fsp3) is 0.200. The molecule has 1 saturated heterocycles. The fourth-order valence-electron chi connectivity index (χ4n) is 4.58. The molecule has 162 valence electrons. The molecule has 1 fully saturated rings. The van der Waals surface area contributed by atoms with Crippen molar-refractivity contribution in [2.75, 3.05) is 0 Å². The van der Waals surface area contributed by atoms with Gasteiger partial charge in [-0.25, -0.2) is 0 Å². The molecular weight excluding hydrogens is 484 g/mol. The third-order valence-corrected chi connectivity index (χ3v) is 6.80. The second-order valence-electron chi connectivity index (χ2n) is 7.98. The fourth-order valence-corrected chi connectivity index (χ4v) is 5.28. The number of nitrogens with one attached hydrogen (secondary N) is 1. The van der Waals surface area contributed by atoms with Crippen LogP contribution in [-0.4, -0.2) is 19.6 Å². The topological polar surface area (TPSA) is 46.2 Å². The molecule has 4 heterocycles. The zero-order valence-corrected chi connectivity index (χ0v) is 20.2. The van der Waals surface area contributed by atoms with Gasteiger partial charge >= 0.3 is 0 Å². The lowest BCUT2D eigenvalue weighted by Crippen LogP contribution is -2.29. The molecule has 1 aromatic carbocycles. The molecule has 2 atom stereocenters. The van der Waals surface area contributed by atoms with Gasteiger partial charge in [-0.2, -0.15) is 0 Å². The number of halogens is 1. The molecule has 0 aliphatic carbocycles. The van der Waals surface area contributed by atoms with Crippen molar-refractivity contribution in [3.8, 4) is 5.69 Å². The molecule has 3 aromatic heterocycles. The Hall–Kier alpha value is -2.90. The molecule has 0 saturated carbocycles. The maximum Gasteiger partial charge on any atom is 0.170 e. The van der Waals surface area contributed by atoms with E-state index in [2.05, 4.69) is 79.9 Å². The maximum atomic E-state index is 5.79. The van der Waals surface area contributed by atoms with Gasteiger partial charge in [0.25, 0.3) is 0 Å². The number of furan rings is 1. The second-order valence-corrected chi connectivity index (χ2v) is 9.28. The Balaban J connectivity index is 1.63. The minimum absolute atomic E-state index is 0.0189. The molecule has 1 aliphatic rings. The van der Waals surface area contributed by atoms with Gasteiger partial charge < -0.3 is 19.2 Å². The normalized spacial score (nSPS) is 18.2. The van der Waals surface area contributed by atoms with Gasteiger partial charge in [-0.05, 0) is 80.2 Å². The molecule has 2 unspecified atom stereocenters. The van der Waals surface area contributed by atoms with Crippen molar-refractivity contribution in [1.29, 1.82) is 0 Å². The molecular formula is C25H23BrN4OS. The van der Waals surface area contributed by atoms with E-state index >= 15 is 0 Å². The standard InChI is InChI=1S/C25H23BrN4OS/c1-16-13-21(17(2)30(16)19-8-5-7-18(26)14-19)24-23(22-10-3-4-11-27-22)28-25(32)29(24)15-20-9-6-12-31-20/h3-14,23-24H,15H2,1-2H3,(H,28,32). The minimum Gasteiger partial charge on any atom is -0.467 e. The van der Waals surface area contributed by atoms with Gasteiger partial charge in [0.2, 0.25) is 0 Å². The number of nitrogens with zero attached hydrogens (tertiary/aromatic N) is 3. The maximum absolute atomic E-state index is 5.79. The Morgan fingerprint density at radius 3 is 2.69 bits per heavy atom. The van der Waals surface area contributed by atoms with Crippen LogP contribution < -0.4 is 5.32 Å². The lowest BCUT2D eigenvalue weighted by molar-refractivity contribution is 0.286. The summed E-state index contributed by atoms with van der Waals surface area (Å²) in [5.74, 6) is 0.876. The minimum atomic E-state index is -0.0601. The van der Waals surface area contributed by atoms with Crippen LogP contribution in [0.15, 0.2) is 82.0 Å². The Bertz CT molecular complexity index is 1250. The molecule has 0 bridgehead atoms. The van der Waals surface area contributed by atoms with Crippen LogP contribution in [0, 0.1) is 13.8 Å². The van der Waals surface area contributed by atoms with Crippen LogP contribution in [0.1, 0.15) is 40.5 Å². The van der Waals surface area contributed by atoms with E-state index in [1.54, 1.807) is 6.26 Å². The first-order valence-electron chi connectivity index (χ1n) is 10.5. The number of aromatic nitrogens is 2. The van der Waals surface area contributed by atoms with Gasteiger partial charge in [-0.1, -0.05) is 28.1 Å². The molecule has 5 rings (SSSR count). The van der Waals surface area contributed by atoms with Crippen LogP contribution in [0.25, 0.3) is 5.69 Å². The highest BCUT2D eigenvalue weighted by Crippen LogP contribution is 2.42. The lowest BCUT2D eigenvalue weighted by atomic mass is 9.96. The largest absolute Gasteiger partial charge is 0.467 e. The van der Waals surface area contributed by atoms with Crippen LogP contribution in [-0.2, 0) is 6.54 Å². The number of benzene rings is 1. The monoisotopic (exact) mass is 506 g/mol. The van der Waals surface area contributed by atoms with Gasteiger partial charge in [0.05, 0.1) is 30.6 Å². The molecule has 0 radical (unpaired) electrons. The van der Waals surface area contributed by atoms with E-state index in [4.69, 9.17) is 16.6 Å². The predicted octanol–water partition coefficient (Wildman–Crippen LogP) is 6.02. The van der Waals surface area contributed by atoms with Crippen molar-refractivity contribution >= 4 is 33.3 Å². The first kappa shape index (κ1) is 21.0. The Morgan fingerprint density at radius 2 is 1.97 bits per heavy atom. The summed E-state index contributed by atoms with van der Waals surface area (Å²) in [6.45, 7) is 4.91. The lowest BCUT2D eigenvalue weighted by Gasteiger charge is -2.27. The highest BCUT2D eigenvalue weighted by molar-refractivity contribution is 9.10. The third kappa shape index (κ3) is 3.76. The highest BCUT2D eigenvalue weighted by Gasteiger charge is 2.41. The SMILES string of the molecule is Cc1cc(C2C(c3ccccn3)NC(=S)N2Cc2ccco2)c(C)n1-c1cccc(Br)c1. The molecule has 1 aliphatic heterocycles. The number of thiocarbonyl (C=S) groups is 1. The number of rotatable bonds is 5. The van der Waals surface area contributed by atoms with E-state index in [1.165, 1.54) is 17.0 Å². The summed E-state index contributed by atoms with van der Waals surface area (Å²) >= 11 is 9.40. The van der Waals surface area contributed by atoms with Crippen LogP contribution in [0.3, 0.4) is 0 Å². The molecule has 7 heteroatoms. The Labute approximate surface area is 201 Å². The van der Waals surface area contributed by atoms with E-state index in [1.807, 2.05) is 36.5 Å². The van der Waals surface area contributed by atoms with Crippen LogP contribution in [0.5, 0.6) is 0 Å². The van der Waals surface area contributed by atoms with Gasteiger partial charge in [0.15, 0.2) is 5.11 Å². The van der Waals surface area contributed by atoms with Gasteiger partial charge in [-0.3, -0.25) is 4.98 Å². The first-order valence-corrected chi connectivity index (χ1v) is 11.7. The number of hydrogen-bond acceptors (Lipinski definition) is 3. The van der Waals surface area contributed by atoms with Gasteiger partial charge in [0, 0.05) is 27.7 Å². The van der Waals surface area contributed by atoms with Gasteiger partial charge in [0.1, 0.15) is 5.76 Å². The summed E-state index contributed by atoms with van der Waals surface area (Å²) in [6.07, 6.45) is 3.53. The van der Waals surface area contributed by atoms with E-state index in [0.29, 0.717) is 11.7 Å². The third-order valence-electron chi connectivity index (χ3n) is 5.96. The Morgan fingerprint density at radius 1 is 1.09 bits per heavy atom. The van der Waals surface area contributed by atoms with E-state index in [0.717, 1.165) is 21.6 Å². The molecule has 0 spiro atoms. The molecule has 4 aromatic rings. The summed E-state index contributed by atoms with van der Waals surface area (Å²) in [6, 6.07) is 20.5. The van der Waals surface area contributed by atoms with Gasteiger partial charge in [-0.15, -0.1) is 0 Å². The van der Waals surface area contributed by atoms with Crippen molar-refractivity contribution in [3.63, 3.8) is 0 Å². The molecule has 1 N–H and O–H groups in total. The smallest absolute Gasteiger partial charge is 0.170 e. The molecule has 5 nitrogen and oxygen atoms in total. The van der Waals surface area contributed by atoms with Crippen LogP contribution >= 0.6 is 28.1 Å². The number of aryl methyl sites for hydroxylation is 1. The van der Waals surface area contributed by atoms with Crippen molar-refractivity contribution in [2.45, 2.75) is 32.5 Å². The van der Waals surface area contributed by atoms with Crippen molar-refractivity contribution in [1.82, 2.24) is 19.8 Å². The highest BCUT2D eigenvalue weighted by atomic mass is 79.9.